The minimum absolute atomic E-state index is 0.0421. The van der Waals surface area contributed by atoms with Crippen LogP contribution in [0.15, 0.2) is 24.3 Å². The molecule has 0 radical (unpaired) electrons. The Labute approximate surface area is 123 Å². The molecule has 1 aromatic rings. The number of nitrogens with one attached hydrogen (secondary N) is 1. The first kappa shape index (κ1) is 16.2. The number of carbonyl (C=O) groups is 1. The van der Waals surface area contributed by atoms with E-state index in [2.05, 4.69) is 35.1 Å². The van der Waals surface area contributed by atoms with Crippen molar-refractivity contribution in [1.82, 2.24) is 5.32 Å². The van der Waals surface area contributed by atoms with Crippen LogP contribution in [0.25, 0.3) is 0 Å². The Kier molecular flexibility index (Phi) is 7.10. The van der Waals surface area contributed by atoms with Crippen LogP contribution in [0.3, 0.4) is 0 Å². The van der Waals surface area contributed by atoms with E-state index in [9.17, 15) is 4.79 Å². The number of benzene rings is 1. The average Bonchev–Trinajstić information content (AvgIpc) is 2.43. The SMILES string of the molecule is CCOCC(NC(=O)c1ccc(CBr)cc1)C(C)C. The molecule has 0 aromatic heterocycles. The van der Waals surface area contributed by atoms with E-state index in [0.717, 1.165) is 10.9 Å². The van der Waals surface area contributed by atoms with Gasteiger partial charge < -0.3 is 10.1 Å². The Morgan fingerprint density at radius 1 is 1.32 bits per heavy atom. The fourth-order valence-corrected chi connectivity index (χ4v) is 2.02. The summed E-state index contributed by atoms with van der Waals surface area (Å²) < 4.78 is 5.41. The minimum atomic E-state index is -0.0421. The summed E-state index contributed by atoms with van der Waals surface area (Å²) in [5, 5.41) is 3.83. The maximum Gasteiger partial charge on any atom is 0.251 e. The van der Waals surface area contributed by atoms with Gasteiger partial charge in [0.25, 0.3) is 5.91 Å². The number of halogens is 1. The second-order valence-corrected chi connectivity index (χ2v) is 5.37. The number of alkyl halides is 1. The number of carbonyl (C=O) groups excluding carboxylic acids is 1. The highest BCUT2D eigenvalue weighted by atomic mass is 79.9. The molecule has 0 aliphatic carbocycles. The summed E-state index contributed by atoms with van der Waals surface area (Å²) >= 11 is 3.39. The van der Waals surface area contributed by atoms with Gasteiger partial charge in [-0.3, -0.25) is 4.79 Å². The van der Waals surface area contributed by atoms with Crippen molar-refractivity contribution < 1.29 is 9.53 Å². The summed E-state index contributed by atoms with van der Waals surface area (Å²) in [6.07, 6.45) is 0. The minimum Gasteiger partial charge on any atom is -0.380 e. The van der Waals surface area contributed by atoms with Crippen LogP contribution in [0.5, 0.6) is 0 Å². The van der Waals surface area contributed by atoms with Crippen molar-refractivity contribution >= 4 is 21.8 Å². The summed E-state index contributed by atoms with van der Waals surface area (Å²) in [5.41, 5.74) is 1.85. The maximum atomic E-state index is 12.1. The molecular weight excluding hydrogens is 306 g/mol. The molecule has 19 heavy (non-hydrogen) atoms. The molecule has 0 saturated carbocycles. The standard InChI is InChI=1S/C15H22BrNO2/c1-4-19-10-14(11(2)3)17-15(18)13-7-5-12(9-16)6-8-13/h5-8,11,14H,4,9-10H2,1-3H3,(H,17,18). The molecule has 0 spiro atoms. The lowest BCUT2D eigenvalue weighted by Crippen LogP contribution is -2.41. The molecule has 0 fully saturated rings. The van der Waals surface area contributed by atoms with Crippen LogP contribution in [0.4, 0.5) is 0 Å². The molecule has 1 N–H and O–H groups in total. The summed E-state index contributed by atoms with van der Waals surface area (Å²) in [6, 6.07) is 7.66. The Morgan fingerprint density at radius 3 is 2.42 bits per heavy atom. The zero-order chi connectivity index (χ0) is 14.3. The van der Waals surface area contributed by atoms with E-state index in [1.54, 1.807) is 0 Å². The van der Waals surface area contributed by atoms with Crippen molar-refractivity contribution in [2.75, 3.05) is 13.2 Å². The Balaban J connectivity index is 2.64. The largest absolute Gasteiger partial charge is 0.380 e. The van der Waals surface area contributed by atoms with Gasteiger partial charge in [0, 0.05) is 17.5 Å². The zero-order valence-corrected chi connectivity index (χ0v) is 13.4. The summed E-state index contributed by atoms with van der Waals surface area (Å²) in [5.74, 6) is 0.303. The van der Waals surface area contributed by atoms with Gasteiger partial charge >= 0.3 is 0 Å². The van der Waals surface area contributed by atoms with Crippen LogP contribution >= 0.6 is 15.9 Å². The molecule has 0 aliphatic rings. The number of ether oxygens (including phenoxy) is 1. The highest BCUT2D eigenvalue weighted by Crippen LogP contribution is 2.09. The van der Waals surface area contributed by atoms with Crippen molar-refractivity contribution in [1.29, 1.82) is 0 Å². The lowest BCUT2D eigenvalue weighted by Gasteiger charge is -2.22. The smallest absolute Gasteiger partial charge is 0.251 e. The van der Waals surface area contributed by atoms with E-state index < -0.39 is 0 Å². The van der Waals surface area contributed by atoms with Crippen molar-refractivity contribution in [2.24, 2.45) is 5.92 Å². The van der Waals surface area contributed by atoms with E-state index in [4.69, 9.17) is 4.74 Å². The van der Waals surface area contributed by atoms with Crippen LogP contribution in [0.1, 0.15) is 36.7 Å². The van der Waals surface area contributed by atoms with Crippen molar-refractivity contribution in [3.05, 3.63) is 35.4 Å². The quantitative estimate of drug-likeness (QED) is 0.780. The number of amides is 1. The summed E-state index contributed by atoms with van der Waals surface area (Å²) in [7, 11) is 0. The molecule has 1 rings (SSSR count). The predicted octanol–water partition coefficient (Wildman–Crippen LogP) is 3.37. The van der Waals surface area contributed by atoms with E-state index >= 15 is 0 Å². The Morgan fingerprint density at radius 2 is 1.95 bits per heavy atom. The van der Waals surface area contributed by atoms with E-state index in [-0.39, 0.29) is 11.9 Å². The molecule has 1 amide bonds. The molecule has 0 aliphatic heterocycles. The lowest BCUT2D eigenvalue weighted by molar-refractivity contribution is 0.0806. The van der Waals surface area contributed by atoms with Crippen LogP contribution in [-0.4, -0.2) is 25.2 Å². The zero-order valence-electron chi connectivity index (χ0n) is 11.8. The van der Waals surface area contributed by atoms with Crippen LogP contribution < -0.4 is 5.32 Å². The van der Waals surface area contributed by atoms with Gasteiger partial charge in [-0.2, -0.15) is 0 Å². The van der Waals surface area contributed by atoms with E-state index in [1.165, 1.54) is 0 Å². The van der Waals surface area contributed by atoms with Gasteiger partial charge in [-0.25, -0.2) is 0 Å². The third kappa shape index (κ3) is 5.33. The third-order valence-electron chi connectivity index (χ3n) is 2.99. The van der Waals surface area contributed by atoms with Crippen LogP contribution in [0.2, 0.25) is 0 Å². The summed E-state index contributed by atoms with van der Waals surface area (Å²) in [4.78, 5) is 12.1. The number of hydrogen-bond donors (Lipinski definition) is 1. The second kappa shape index (κ2) is 8.33. The molecule has 0 heterocycles. The average molecular weight is 328 g/mol. The lowest BCUT2D eigenvalue weighted by atomic mass is 10.0. The molecular formula is C15H22BrNO2. The fraction of sp³-hybridized carbons (Fsp3) is 0.533. The monoisotopic (exact) mass is 327 g/mol. The Bertz CT molecular complexity index is 390. The third-order valence-corrected chi connectivity index (χ3v) is 3.64. The normalized spacial score (nSPS) is 12.5. The summed E-state index contributed by atoms with van der Waals surface area (Å²) in [6.45, 7) is 7.34. The van der Waals surface area contributed by atoms with E-state index in [0.29, 0.717) is 24.7 Å². The van der Waals surface area contributed by atoms with Crippen molar-refractivity contribution in [3.63, 3.8) is 0 Å². The van der Waals surface area contributed by atoms with Gasteiger partial charge in [-0.15, -0.1) is 0 Å². The second-order valence-electron chi connectivity index (χ2n) is 4.81. The number of hydrogen-bond acceptors (Lipinski definition) is 2. The predicted molar refractivity (Wildman–Crippen MR) is 81.7 cm³/mol. The fourth-order valence-electron chi connectivity index (χ4n) is 1.64. The maximum absolute atomic E-state index is 12.1. The van der Waals surface area contributed by atoms with Gasteiger partial charge in [0.2, 0.25) is 0 Å². The van der Waals surface area contributed by atoms with E-state index in [1.807, 2.05) is 31.2 Å². The highest BCUT2D eigenvalue weighted by Gasteiger charge is 2.17. The van der Waals surface area contributed by atoms with Gasteiger partial charge in [0.15, 0.2) is 0 Å². The first-order valence-corrected chi connectivity index (χ1v) is 7.74. The van der Waals surface area contributed by atoms with Gasteiger partial charge in [0.05, 0.1) is 12.6 Å². The Hall–Kier alpha value is -0.870. The topological polar surface area (TPSA) is 38.3 Å². The first-order chi connectivity index (χ1) is 9.08. The molecule has 1 aromatic carbocycles. The van der Waals surface area contributed by atoms with Gasteiger partial charge in [-0.1, -0.05) is 41.9 Å². The molecule has 0 saturated heterocycles. The highest BCUT2D eigenvalue weighted by molar-refractivity contribution is 9.08. The number of rotatable bonds is 7. The van der Waals surface area contributed by atoms with Gasteiger partial charge in [0.1, 0.15) is 0 Å². The molecule has 1 atom stereocenters. The van der Waals surface area contributed by atoms with Crippen LogP contribution in [-0.2, 0) is 10.1 Å². The van der Waals surface area contributed by atoms with Crippen LogP contribution in [0, 0.1) is 5.92 Å². The molecule has 4 heteroatoms. The van der Waals surface area contributed by atoms with Crippen molar-refractivity contribution in [2.45, 2.75) is 32.1 Å². The van der Waals surface area contributed by atoms with Crippen molar-refractivity contribution in [3.8, 4) is 0 Å². The first-order valence-electron chi connectivity index (χ1n) is 6.62. The molecule has 3 nitrogen and oxygen atoms in total. The molecule has 0 bridgehead atoms. The molecule has 1 unspecified atom stereocenters. The molecule has 106 valence electrons. The van der Waals surface area contributed by atoms with Gasteiger partial charge in [-0.05, 0) is 30.5 Å².